The van der Waals surface area contributed by atoms with Crippen molar-refractivity contribution in [2.45, 2.75) is 19.5 Å². The van der Waals surface area contributed by atoms with E-state index in [4.69, 9.17) is 0 Å². The average Bonchev–Trinajstić information content (AvgIpc) is 2.61. The Bertz CT molecular complexity index is 245. The van der Waals surface area contributed by atoms with Crippen LogP contribution in [0.2, 0.25) is 0 Å². The predicted molar refractivity (Wildman–Crippen MR) is 46.9 cm³/mol. The van der Waals surface area contributed by atoms with Crippen LogP contribution in [0.3, 0.4) is 0 Å². The lowest BCUT2D eigenvalue weighted by atomic mass is 10.2. The van der Waals surface area contributed by atoms with Crippen LogP contribution in [0.5, 0.6) is 0 Å². The first-order valence-corrected chi connectivity index (χ1v) is 4.53. The Labute approximate surface area is 76.7 Å². The van der Waals surface area contributed by atoms with Gasteiger partial charge >= 0.3 is 0 Å². The monoisotopic (exact) mass is 182 g/mol. The van der Waals surface area contributed by atoms with E-state index in [1.807, 2.05) is 0 Å². The van der Waals surface area contributed by atoms with Crippen LogP contribution >= 0.6 is 0 Å². The minimum atomic E-state index is 0.548. The number of nitrogens with one attached hydrogen (secondary N) is 2. The molecule has 0 unspecified atom stereocenters. The third kappa shape index (κ3) is 2.02. The molecule has 1 atom stereocenters. The Morgan fingerprint density at radius 1 is 1.62 bits per heavy atom. The molecule has 2 rings (SSSR count). The first kappa shape index (κ1) is 8.58. The van der Waals surface area contributed by atoms with Gasteiger partial charge < -0.3 is 5.32 Å². The molecule has 0 saturated carbocycles. The van der Waals surface area contributed by atoms with Crippen molar-refractivity contribution in [1.29, 1.82) is 0 Å². The van der Waals surface area contributed by atoms with Crippen LogP contribution in [0, 0.1) is 0 Å². The van der Waals surface area contributed by atoms with Crippen molar-refractivity contribution in [2.24, 2.45) is 0 Å². The minimum Gasteiger partial charge on any atom is -0.314 e. The van der Waals surface area contributed by atoms with E-state index < -0.39 is 0 Å². The maximum Gasteiger partial charge on any atom is 0.188 e. The highest BCUT2D eigenvalue weighted by Crippen LogP contribution is 2.05. The quantitative estimate of drug-likeness (QED) is 0.613. The van der Waals surface area contributed by atoms with E-state index in [-0.39, 0.29) is 0 Å². The van der Waals surface area contributed by atoms with Crippen molar-refractivity contribution in [3.63, 3.8) is 0 Å². The third-order valence-electron chi connectivity index (χ3n) is 2.37. The predicted octanol–water partition coefficient (Wildman–Crippen LogP) is -1.01. The maximum absolute atomic E-state index is 3.94. The number of piperazine rings is 1. The summed E-state index contributed by atoms with van der Waals surface area (Å²) in [4.78, 5) is 2.35. The summed E-state index contributed by atoms with van der Waals surface area (Å²) < 4.78 is 0. The third-order valence-corrected chi connectivity index (χ3v) is 2.37. The second kappa shape index (κ2) is 3.80. The normalized spacial score (nSPS) is 24.8. The molecule has 0 bridgehead atoms. The van der Waals surface area contributed by atoms with Crippen LogP contribution in [0.4, 0.5) is 0 Å². The highest BCUT2D eigenvalue weighted by Gasteiger charge is 2.18. The standard InChI is InChI=1S/C7H14N6/c1-6-4-8-2-3-13(6)5-7-9-11-12-10-7/h6,8H,2-5H2,1H3,(H,9,10,11,12)/t6-/m0/s1. The van der Waals surface area contributed by atoms with Crippen molar-refractivity contribution in [3.8, 4) is 0 Å². The molecule has 2 N–H and O–H groups in total. The lowest BCUT2D eigenvalue weighted by Crippen LogP contribution is -2.49. The smallest absolute Gasteiger partial charge is 0.188 e. The topological polar surface area (TPSA) is 69.7 Å². The van der Waals surface area contributed by atoms with E-state index in [0.29, 0.717) is 6.04 Å². The van der Waals surface area contributed by atoms with Crippen LogP contribution in [0.1, 0.15) is 12.7 Å². The van der Waals surface area contributed by atoms with Crippen molar-refractivity contribution in [1.82, 2.24) is 30.8 Å². The van der Waals surface area contributed by atoms with Gasteiger partial charge in [-0.3, -0.25) is 4.90 Å². The molecule has 0 spiro atoms. The summed E-state index contributed by atoms with van der Waals surface area (Å²) >= 11 is 0. The van der Waals surface area contributed by atoms with Crippen molar-refractivity contribution in [3.05, 3.63) is 5.82 Å². The van der Waals surface area contributed by atoms with Crippen molar-refractivity contribution >= 4 is 0 Å². The van der Waals surface area contributed by atoms with Gasteiger partial charge in [0, 0.05) is 25.7 Å². The zero-order chi connectivity index (χ0) is 9.10. The molecule has 0 amide bonds. The molecule has 0 aliphatic carbocycles. The second-order valence-corrected chi connectivity index (χ2v) is 3.35. The molecule has 1 aromatic heterocycles. The van der Waals surface area contributed by atoms with Gasteiger partial charge in [0.2, 0.25) is 0 Å². The largest absolute Gasteiger partial charge is 0.314 e. The van der Waals surface area contributed by atoms with E-state index >= 15 is 0 Å². The average molecular weight is 182 g/mol. The molecule has 1 aliphatic rings. The summed E-state index contributed by atoms with van der Waals surface area (Å²) in [5, 5.41) is 17.2. The first-order chi connectivity index (χ1) is 6.36. The van der Waals surface area contributed by atoms with Gasteiger partial charge in [-0.25, -0.2) is 0 Å². The van der Waals surface area contributed by atoms with Gasteiger partial charge in [0.1, 0.15) is 0 Å². The van der Waals surface area contributed by atoms with Crippen LogP contribution in [0.25, 0.3) is 0 Å². The molecule has 6 nitrogen and oxygen atoms in total. The van der Waals surface area contributed by atoms with Gasteiger partial charge in [0.25, 0.3) is 0 Å². The van der Waals surface area contributed by atoms with E-state index in [2.05, 4.69) is 37.8 Å². The van der Waals surface area contributed by atoms with Crippen molar-refractivity contribution in [2.75, 3.05) is 19.6 Å². The number of aromatic amines is 1. The Kier molecular flexibility index (Phi) is 2.51. The molecule has 13 heavy (non-hydrogen) atoms. The summed E-state index contributed by atoms with van der Waals surface area (Å²) in [6.45, 7) is 6.13. The summed E-state index contributed by atoms with van der Waals surface area (Å²) in [6.07, 6.45) is 0. The molecule has 0 radical (unpaired) electrons. The number of rotatable bonds is 2. The fraction of sp³-hybridized carbons (Fsp3) is 0.857. The maximum atomic E-state index is 3.94. The SMILES string of the molecule is C[C@H]1CNCCN1Cc1nn[nH]n1. The number of tetrazole rings is 1. The van der Waals surface area contributed by atoms with Crippen LogP contribution in [0.15, 0.2) is 0 Å². The Morgan fingerprint density at radius 2 is 2.54 bits per heavy atom. The molecule has 72 valence electrons. The van der Waals surface area contributed by atoms with Gasteiger partial charge in [-0.1, -0.05) is 5.21 Å². The second-order valence-electron chi connectivity index (χ2n) is 3.35. The molecule has 6 heteroatoms. The van der Waals surface area contributed by atoms with Gasteiger partial charge in [0.15, 0.2) is 5.82 Å². The zero-order valence-corrected chi connectivity index (χ0v) is 7.69. The summed E-state index contributed by atoms with van der Waals surface area (Å²) in [6, 6.07) is 0.548. The van der Waals surface area contributed by atoms with E-state index in [0.717, 1.165) is 32.0 Å². The van der Waals surface area contributed by atoms with E-state index in [1.165, 1.54) is 0 Å². The number of aromatic nitrogens is 4. The van der Waals surface area contributed by atoms with E-state index in [1.54, 1.807) is 0 Å². The fourth-order valence-electron chi connectivity index (χ4n) is 1.55. The highest BCUT2D eigenvalue weighted by molar-refractivity contribution is 4.82. The fourth-order valence-corrected chi connectivity index (χ4v) is 1.55. The lowest BCUT2D eigenvalue weighted by Gasteiger charge is -2.32. The number of hydrogen-bond donors (Lipinski definition) is 2. The Morgan fingerprint density at radius 3 is 3.23 bits per heavy atom. The summed E-state index contributed by atoms with van der Waals surface area (Å²) in [7, 11) is 0. The lowest BCUT2D eigenvalue weighted by molar-refractivity contribution is 0.161. The van der Waals surface area contributed by atoms with Crippen LogP contribution in [-0.2, 0) is 6.54 Å². The molecule has 1 fully saturated rings. The molecular weight excluding hydrogens is 168 g/mol. The number of hydrogen-bond acceptors (Lipinski definition) is 5. The number of H-pyrrole nitrogens is 1. The molecule has 1 saturated heterocycles. The zero-order valence-electron chi connectivity index (χ0n) is 7.69. The van der Waals surface area contributed by atoms with E-state index in [9.17, 15) is 0 Å². The van der Waals surface area contributed by atoms with Gasteiger partial charge in [-0.05, 0) is 6.92 Å². The highest BCUT2D eigenvalue weighted by atomic mass is 15.5. The molecule has 0 aromatic carbocycles. The molecule has 1 aliphatic heterocycles. The molecular formula is C7H14N6. The Hall–Kier alpha value is -1.01. The molecule has 2 heterocycles. The van der Waals surface area contributed by atoms with Crippen molar-refractivity contribution < 1.29 is 0 Å². The van der Waals surface area contributed by atoms with Gasteiger partial charge in [-0.15, -0.1) is 10.2 Å². The van der Waals surface area contributed by atoms with Crippen LogP contribution in [-0.4, -0.2) is 51.2 Å². The Balaban J connectivity index is 1.93. The summed E-state index contributed by atoms with van der Waals surface area (Å²) in [5.74, 6) is 0.772. The first-order valence-electron chi connectivity index (χ1n) is 4.53. The van der Waals surface area contributed by atoms with Gasteiger partial charge in [0.05, 0.1) is 6.54 Å². The van der Waals surface area contributed by atoms with Crippen LogP contribution < -0.4 is 5.32 Å². The molecule has 1 aromatic rings. The summed E-state index contributed by atoms with van der Waals surface area (Å²) in [5.41, 5.74) is 0. The number of nitrogens with zero attached hydrogens (tertiary/aromatic N) is 4. The minimum absolute atomic E-state index is 0.548. The van der Waals surface area contributed by atoms with Gasteiger partial charge in [-0.2, -0.15) is 5.21 Å².